The van der Waals surface area contributed by atoms with E-state index in [9.17, 15) is 8.42 Å². The molecule has 1 aromatic rings. The van der Waals surface area contributed by atoms with Crippen LogP contribution in [-0.4, -0.2) is 26.0 Å². The highest BCUT2D eigenvalue weighted by atomic mass is 35.5. The maximum absolute atomic E-state index is 11.7. The first-order valence-electron chi connectivity index (χ1n) is 6.20. The highest BCUT2D eigenvalue weighted by Gasteiger charge is 2.31. The van der Waals surface area contributed by atoms with E-state index in [0.29, 0.717) is 17.3 Å². The number of hydrogen-bond donors (Lipinski definition) is 1. The second-order valence-electron chi connectivity index (χ2n) is 4.78. The van der Waals surface area contributed by atoms with E-state index >= 15 is 0 Å². The van der Waals surface area contributed by atoms with Crippen LogP contribution in [0.15, 0.2) is 24.3 Å². The van der Waals surface area contributed by atoms with E-state index in [1.54, 1.807) is 0 Å². The van der Waals surface area contributed by atoms with Crippen LogP contribution < -0.4 is 5.32 Å². The van der Waals surface area contributed by atoms with Crippen molar-refractivity contribution in [2.24, 2.45) is 0 Å². The summed E-state index contributed by atoms with van der Waals surface area (Å²) < 4.78 is 23.4. The number of sulfone groups is 1. The van der Waals surface area contributed by atoms with Crippen LogP contribution in [0.5, 0.6) is 0 Å². The number of nitrogens with one attached hydrogen (secondary N) is 1. The number of hydrogen-bond acceptors (Lipinski definition) is 3. The fourth-order valence-corrected chi connectivity index (χ4v) is 4.41. The van der Waals surface area contributed by atoms with Gasteiger partial charge in [-0.3, -0.25) is 0 Å². The van der Waals surface area contributed by atoms with Gasteiger partial charge in [0.15, 0.2) is 9.84 Å². The molecule has 0 spiro atoms. The smallest absolute Gasteiger partial charge is 0.154 e. The maximum atomic E-state index is 11.7. The molecule has 1 aliphatic rings. The Morgan fingerprint density at radius 1 is 1.44 bits per heavy atom. The van der Waals surface area contributed by atoms with Crippen LogP contribution >= 0.6 is 11.6 Å². The Morgan fingerprint density at radius 2 is 2.17 bits per heavy atom. The lowest BCUT2D eigenvalue weighted by Crippen LogP contribution is -2.32. The van der Waals surface area contributed by atoms with Crippen LogP contribution in [0.4, 0.5) is 0 Å². The molecule has 0 aromatic heterocycles. The molecule has 0 radical (unpaired) electrons. The molecule has 0 bridgehead atoms. The van der Waals surface area contributed by atoms with Gasteiger partial charge in [0.05, 0.1) is 11.0 Å². The molecular formula is C13H18ClNO2S. The minimum Gasteiger partial charge on any atom is -0.309 e. The summed E-state index contributed by atoms with van der Waals surface area (Å²) in [6.45, 7) is 2.51. The average Bonchev–Trinajstić information content (AvgIpc) is 2.66. The zero-order valence-electron chi connectivity index (χ0n) is 10.4. The van der Waals surface area contributed by atoms with Crippen LogP contribution in [0.3, 0.4) is 0 Å². The first kappa shape index (κ1) is 13.8. The van der Waals surface area contributed by atoms with Crippen molar-refractivity contribution in [2.45, 2.75) is 31.1 Å². The Hall–Kier alpha value is -0.580. The second kappa shape index (κ2) is 5.59. The summed E-state index contributed by atoms with van der Waals surface area (Å²) in [7, 11) is -2.87. The summed E-state index contributed by atoms with van der Waals surface area (Å²) in [5, 5.41) is 3.75. The summed E-state index contributed by atoms with van der Waals surface area (Å²) in [5.74, 6) is 0.333. The molecule has 3 nitrogen and oxygen atoms in total. The van der Waals surface area contributed by atoms with Crippen molar-refractivity contribution >= 4 is 21.4 Å². The molecular weight excluding hydrogens is 270 g/mol. The minimum absolute atomic E-state index is 0.0644. The van der Waals surface area contributed by atoms with Crippen molar-refractivity contribution in [3.8, 4) is 0 Å². The van der Waals surface area contributed by atoms with E-state index in [1.165, 1.54) is 0 Å². The highest BCUT2D eigenvalue weighted by Crippen LogP contribution is 2.24. The van der Waals surface area contributed by atoms with Crippen LogP contribution in [0.25, 0.3) is 0 Å². The van der Waals surface area contributed by atoms with Gasteiger partial charge in [-0.25, -0.2) is 8.42 Å². The Morgan fingerprint density at radius 3 is 2.78 bits per heavy atom. The summed E-state index contributed by atoms with van der Waals surface area (Å²) in [6, 6.07) is 7.70. The van der Waals surface area contributed by atoms with E-state index in [-0.39, 0.29) is 11.3 Å². The summed E-state index contributed by atoms with van der Waals surface area (Å²) in [5.41, 5.74) is 1.01. The molecule has 0 aliphatic carbocycles. The van der Waals surface area contributed by atoms with E-state index in [0.717, 1.165) is 18.4 Å². The van der Waals surface area contributed by atoms with E-state index in [4.69, 9.17) is 11.6 Å². The third-order valence-corrected chi connectivity index (χ3v) is 6.11. The predicted octanol–water partition coefficient (Wildman–Crippen LogP) is 2.57. The van der Waals surface area contributed by atoms with Crippen molar-refractivity contribution in [1.82, 2.24) is 5.32 Å². The highest BCUT2D eigenvalue weighted by molar-refractivity contribution is 7.92. The molecule has 0 saturated carbocycles. The van der Waals surface area contributed by atoms with Crippen LogP contribution in [0, 0.1) is 0 Å². The third-order valence-electron chi connectivity index (χ3n) is 3.49. The Kier molecular flexibility index (Phi) is 4.30. The van der Waals surface area contributed by atoms with Gasteiger partial charge in [0.2, 0.25) is 0 Å². The fourth-order valence-electron chi connectivity index (χ4n) is 2.33. The molecule has 0 amide bonds. The second-order valence-corrected chi connectivity index (χ2v) is 7.59. The summed E-state index contributed by atoms with van der Waals surface area (Å²) in [6.07, 6.45) is 1.56. The lowest BCUT2D eigenvalue weighted by Gasteiger charge is -2.18. The number of halogens is 1. The first-order valence-corrected chi connectivity index (χ1v) is 8.29. The van der Waals surface area contributed by atoms with Gasteiger partial charge in [0.25, 0.3) is 0 Å². The Labute approximate surface area is 113 Å². The molecule has 100 valence electrons. The Balaban J connectivity index is 1.97. The molecule has 1 aromatic carbocycles. The molecule has 1 fully saturated rings. The van der Waals surface area contributed by atoms with Crippen LogP contribution in [-0.2, 0) is 9.84 Å². The van der Waals surface area contributed by atoms with Crippen LogP contribution in [0.1, 0.15) is 31.4 Å². The molecule has 5 heteroatoms. The SMILES string of the molecule is CC(NCC1CCCS1(=O)=O)c1ccccc1Cl. The predicted molar refractivity (Wildman–Crippen MR) is 74.7 cm³/mol. The van der Waals surface area contributed by atoms with Crippen molar-refractivity contribution in [3.63, 3.8) is 0 Å². The molecule has 2 atom stereocenters. The minimum atomic E-state index is -2.87. The molecule has 2 unspecified atom stereocenters. The van der Waals surface area contributed by atoms with Gasteiger partial charge in [0.1, 0.15) is 0 Å². The lowest BCUT2D eigenvalue weighted by atomic mass is 10.1. The zero-order chi connectivity index (χ0) is 13.2. The molecule has 1 saturated heterocycles. The lowest BCUT2D eigenvalue weighted by molar-refractivity contribution is 0.538. The van der Waals surface area contributed by atoms with Gasteiger partial charge in [-0.2, -0.15) is 0 Å². The van der Waals surface area contributed by atoms with Crippen molar-refractivity contribution in [1.29, 1.82) is 0 Å². The van der Waals surface area contributed by atoms with Gasteiger partial charge in [-0.05, 0) is 31.4 Å². The van der Waals surface area contributed by atoms with Gasteiger partial charge in [-0.15, -0.1) is 0 Å². The standard InChI is InChI=1S/C13H18ClNO2S/c1-10(12-6-2-3-7-13(12)14)15-9-11-5-4-8-18(11,16)17/h2-3,6-7,10-11,15H,4-5,8-9H2,1H3. The van der Waals surface area contributed by atoms with Crippen molar-refractivity contribution < 1.29 is 8.42 Å². The quantitative estimate of drug-likeness (QED) is 0.926. The number of rotatable bonds is 4. The topological polar surface area (TPSA) is 46.2 Å². The van der Waals surface area contributed by atoms with Crippen molar-refractivity contribution in [2.75, 3.05) is 12.3 Å². The molecule has 1 aliphatic heterocycles. The summed E-state index contributed by atoms with van der Waals surface area (Å²) in [4.78, 5) is 0. The summed E-state index contributed by atoms with van der Waals surface area (Å²) >= 11 is 6.11. The van der Waals surface area contributed by atoms with Gasteiger partial charge in [-0.1, -0.05) is 29.8 Å². The van der Waals surface area contributed by atoms with Gasteiger partial charge >= 0.3 is 0 Å². The molecule has 2 rings (SSSR count). The molecule has 1 heterocycles. The maximum Gasteiger partial charge on any atom is 0.154 e. The van der Waals surface area contributed by atoms with E-state index < -0.39 is 9.84 Å². The van der Waals surface area contributed by atoms with E-state index in [2.05, 4.69) is 5.32 Å². The van der Waals surface area contributed by atoms with Crippen LogP contribution in [0.2, 0.25) is 5.02 Å². The molecule has 18 heavy (non-hydrogen) atoms. The Bertz CT molecular complexity index is 515. The fraction of sp³-hybridized carbons (Fsp3) is 0.538. The molecule has 1 N–H and O–H groups in total. The van der Waals surface area contributed by atoms with Gasteiger partial charge < -0.3 is 5.32 Å². The largest absolute Gasteiger partial charge is 0.309 e. The van der Waals surface area contributed by atoms with Gasteiger partial charge in [0, 0.05) is 17.6 Å². The monoisotopic (exact) mass is 287 g/mol. The third kappa shape index (κ3) is 3.05. The van der Waals surface area contributed by atoms with Crippen molar-refractivity contribution in [3.05, 3.63) is 34.9 Å². The average molecular weight is 288 g/mol. The first-order chi connectivity index (χ1) is 8.50. The number of benzene rings is 1. The normalized spacial score (nSPS) is 24.0. The zero-order valence-corrected chi connectivity index (χ0v) is 12.0. The van der Waals surface area contributed by atoms with E-state index in [1.807, 2.05) is 31.2 Å².